The number of carboxylic acid groups (broad SMARTS) is 1. The number of aromatic carboxylic acids is 1. The van der Waals surface area contributed by atoms with Gasteiger partial charge >= 0.3 is 5.97 Å². The molecule has 0 atom stereocenters. The Morgan fingerprint density at radius 3 is 2.81 bits per heavy atom. The number of hydrogen-bond acceptors (Lipinski definition) is 2. The van der Waals surface area contributed by atoms with Crippen LogP contribution in [-0.2, 0) is 6.54 Å². The van der Waals surface area contributed by atoms with Gasteiger partial charge in [0.25, 0.3) is 0 Å². The summed E-state index contributed by atoms with van der Waals surface area (Å²) in [6.07, 6.45) is 1.77. The summed E-state index contributed by atoms with van der Waals surface area (Å²) in [6, 6.07) is 5.22. The lowest BCUT2D eigenvalue weighted by Gasteiger charge is -2.06. The summed E-state index contributed by atoms with van der Waals surface area (Å²) in [5.41, 5.74) is 0.436. The molecule has 1 aromatic carbocycles. The molecule has 0 amide bonds. The summed E-state index contributed by atoms with van der Waals surface area (Å²) >= 11 is 13.2. The zero-order valence-electron chi connectivity index (χ0n) is 10.4. The number of nitrogens with zero attached hydrogens (tertiary/aromatic N) is 1. The normalized spacial score (nSPS) is 11.2. The number of fused-ring (bicyclic) bond motifs is 1. The first-order valence-electron chi connectivity index (χ1n) is 5.90. The highest BCUT2D eigenvalue weighted by atomic mass is 35.5. The van der Waals surface area contributed by atoms with Crippen molar-refractivity contribution in [3.8, 4) is 0 Å². The van der Waals surface area contributed by atoms with E-state index in [9.17, 15) is 9.18 Å². The van der Waals surface area contributed by atoms with E-state index in [-0.39, 0.29) is 12.1 Å². The van der Waals surface area contributed by atoms with Gasteiger partial charge in [-0.1, -0.05) is 23.2 Å². The minimum absolute atomic E-state index is 0.217. The molecule has 0 aliphatic heterocycles. The molecule has 0 bridgehead atoms. The van der Waals surface area contributed by atoms with E-state index in [0.717, 1.165) is 22.2 Å². The standard InChI is InChI=1S/C14H8Cl2FNO2S/c15-8-3-7-1-2-18(13(7)10(16)4-8)5-11-12(17)9(6-21-11)14(19)20/h1-4,6H,5H2,(H,19,20). The number of rotatable bonds is 3. The average Bonchev–Trinajstić information content (AvgIpc) is 2.95. The Kier molecular flexibility index (Phi) is 3.65. The highest BCUT2D eigenvalue weighted by Gasteiger charge is 2.18. The van der Waals surface area contributed by atoms with Crippen molar-refractivity contribution in [1.29, 1.82) is 0 Å². The van der Waals surface area contributed by atoms with Crippen LogP contribution >= 0.6 is 34.5 Å². The van der Waals surface area contributed by atoms with E-state index in [1.165, 1.54) is 5.38 Å². The highest BCUT2D eigenvalue weighted by Crippen LogP contribution is 2.30. The molecule has 0 spiro atoms. The number of carbonyl (C=O) groups is 1. The van der Waals surface area contributed by atoms with Crippen LogP contribution in [0.15, 0.2) is 29.8 Å². The van der Waals surface area contributed by atoms with Crippen molar-refractivity contribution in [2.45, 2.75) is 6.54 Å². The predicted octanol–water partition coefficient (Wildman–Crippen LogP) is 4.90. The average molecular weight is 344 g/mol. The summed E-state index contributed by atoms with van der Waals surface area (Å²) in [6.45, 7) is 0.217. The van der Waals surface area contributed by atoms with Gasteiger partial charge in [-0.15, -0.1) is 11.3 Å². The van der Waals surface area contributed by atoms with E-state index < -0.39 is 11.8 Å². The Morgan fingerprint density at radius 2 is 2.14 bits per heavy atom. The second-order valence-corrected chi connectivity index (χ2v) is 6.27. The Hall–Kier alpha value is -1.56. The maximum absolute atomic E-state index is 14.0. The zero-order valence-corrected chi connectivity index (χ0v) is 12.8. The molecule has 2 aromatic heterocycles. The number of thiophene rings is 1. The van der Waals surface area contributed by atoms with Crippen molar-refractivity contribution in [3.05, 3.63) is 56.1 Å². The van der Waals surface area contributed by atoms with Gasteiger partial charge in [0.1, 0.15) is 5.56 Å². The second-order valence-electron chi connectivity index (χ2n) is 4.46. The van der Waals surface area contributed by atoms with Crippen LogP contribution in [0.2, 0.25) is 10.0 Å². The molecule has 2 heterocycles. The molecule has 3 rings (SSSR count). The van der Waals surface area contributed by atoms with Crippen molar-refractivity contribution in [2.24, 2.45) is 0 Å². The topological polar surface area (TPSA) is 42.2 Å². The third-order valence-corrected chi connectivity index (χ3v) is 4.58. The molecule has 0 aliphatic carbocycles. The lowest BCUT2D eigenvalue weighted by molar-refractivity contribution is 0.0692. The third-order valence-electron chi connectivity index (χ3n) is 3.12. The van der Waals surface area contributed by atoms with E-state index >= 15 is 0 Å². The Labute approximate surface area is 133 Å². The third kappa shape index (κ3) is 2.52. The summed E-state index contributed by atoms with van der Waals surface area (Å²) in [5, 5.41) is 12.0. The Balaban J connectivity index is 2.05. The Morgan fingerprint density at radius 1 is 1.38 bits per heavy atom. The maximum Gasteiger partial charge on any atom is 0.339 e. The van der Waals surface area contributed by atoms with Gasteiger partial charge < -0.3 is 9.67 Å². The van der Waals surface area contributed by atoms with Gasteiger partial charge in [0.15, 0.2) is 5.82 Å². The fourth-order valence-corrected chi connectivity index (χ4v) is 3.69. The molecule has 3 aromatic rings. The molecule has 3 nitrogen and oxygen atoms in total. The number of carboxylic acids is 1. The van der Waals surface area contributed by atoms with Crippen LogP contribution in [0.4, 0.5) is 4.39 Å². The first kappa shape index (κ1) is 14.4. The van der Waals surface area contributed by atoms with Gasteiger partial charge in [-0.3, -0.25) is 0 Å². The van der Waals surface area contributed by atoms with Crippen molar-refractivity contribution >= 4 is 51.4 Å². The molecule has 1 N–H and O–H groups in total. The molecule has 0 fully saturated rings. The van der Waals surface area contributed by atoms with E-state index in [1.807, 2.05) is 6.07 Å². The van der Waals surface area contributed by atoms with E-state index in [0.29, 0.717) is 14.9 Å². The molecule has 0 saturated carbocycles. The first-order valence-corrected chi connectivity index (χ1v) is 7.54. The van der Waals surface area contributed by atoms with Crippen LogP contribution in [0.3, 0.4) is 0 Å². The van der Waals surface area contributed by atoms with E-state index in [1.54, 1.807) is 22.9 Å². The number of hydrogen-bond donors (Lipinski definition) is 1. The summed E-state index contributed by atoms with van der Waals surface area (Å²) in [4.78, 5) is 11.2. The fraction of sp³-hybridized carbons (Fsp3) is 0.0714. The largest absolute Gasteiger partial charge is 0.478 e. The van der Waals surface area contributed by atoms with Gasteiger partial charge in [-0.2, -0.15) is 0 Å². The number of aromatic nitrogens is 1. The van der Waals surface area contributed by atoms with E-state index in [2.05, 4.69) is 0 Å². The monoisotopic (exact) mass is 343 g/mol. The van der Waals surface area contributed by atoms with Crippen LogP contribution in [0.1, 0.15) is 15.2 Å². The molecule has 7 heteroatoms. The van der Waals surface area contributed by atoms with Crippen molar-refractivity contribution < 1.29 is 14.3 Å². The predicted molar refractivity (Wildman–Crippen MR) is 82.3 cm³/mol. The van der Waals surface area contributed by atoms with Crippen LogP contribution in [0.5, 0.6) is 0 Å². The van der Waals surface area contributed by atoms with Gasteiger partial charge in [-0.05, 0) is 18.2 Å². The maximum atomic E-state index is 14.0. The van der Waals surface area contributed by atoms with Crippen LogP contribution < -0.4 is 0 Å². The van der Waals surface area contributed by atoms with E-state index in [4.69, 9.17) is 28.3 Å². The molecule has 0 radical (unpaired) electrons. The number of benzene rings is 1. The lowest BCUT2D eigenvalue weighted by atomic mass is 10.2. The molecular weight excluding hydrogens is 336 g/mol. The Bertz CT molecular complexity index is 856. The van der Waals surface area contributed by atoms with Crippen LogP contribution in [-0.4, -0.2) is 15.6 Å². The molecule has 0 saturated heterocycles. The van der Waals surface area contributed by atoms with Gasteiger partial charge in [0.2, 0.25) is 0 Å². The summed E-state index contributed by atoms with van der Waals surface area (Å²) in [7, 11) is 0. The molecular formula is C14H8Cl2FNO2S. The molecule has 0 aliphatic rings. The second kappa shape index (κ2) is 5.33. The summed E-state index contributed by atoms with van der Waals surface area (Å²) in [5.74, 6) is -1.96. The zero-order chi connectivity index (χ0) is 15.1. The van der Waals surface area contributed by atoms with Gasteiger partial charge in [-0.25, -0.2) is 9.18 Å². The molecule has 108 valence electrons. The van der Waals surface area contributed by atoms with Gasteiger partial charge in [0.05, 0.1) is 22.0 Å². The fourth-order valence-electron chi connectivity index (χ4n) is 2.18. The highest BCUT2D eigenvalue weighted by molar-refractivity contribution is 7.10. The van der Waals surface area contributed by atoms with Crippen LogP contribution in [0, 0.1) is 5.82 Å². The van der Waals surface area contributed by atoms with Crippen LogP contribution in [0.25, 0.3) is 10.9 Å². The first-order chi connectivity index (χ1) is 9.97. The minimum Gasteiger partial charge on any atom is -0.478 e. The van der Waals surface area contributed by atoms with Gasteiger partial charge in [0, 0.05) is 22.0 Å². The van der Waals surface area contributed by atoms with Crippen molar-refractivity contribution in [1.82, 2.24) is 4.57 Å². The number of halogens is 3. The summed E-state index contributed by atoms with van der Waals surface area (Å²) < 4.78 is 15.8. The molecule has 21 heavy (non-hydrogen) atoms. The smallest absolute Gasteiger partial charge is 0.339 e. The molecule has 0 unspecified atom stereocenters. The van der Waals surface area contributed by atoms with Crippen molar-refractivity contribution in [2.75, 3.05) is 0 Å². The van der Waals surface area contributed by atoms with Crippen molar-refractivity contribution in [3.63, 3.8) is 0 Å². The quantitative estimate of drug-likeness (QED) is 0.735. The SMILES string of the molecule is O=C(O)c1csc(Cn2ccc3cc(Cl)cc(Cl)c32)c1F. The minimum atomic E-state index is -1.27. The lowest BCUT2D eigenvalue weighted by Crippen LogP contribution is -2.01.